The molecule has 30 heavy (non-hydrogen) atoms. The Bertz CT molecular complexity index is 917. The zero-order valence-electron chi connectivity index (χ0n) is 17.5. The molecule has 4 rings (SSSR count). The Morgan fingerprint density at radius 2 is 1.83 bits per heavy atom. The molecule has 0 unspecified atom stereocenters. The molecule has 1 aromatic heterocycles. The van der Waals surface area contributed by atoms with Crippen LogP contribution in [-0.2, 0) is 11.2 Å². The molecule has 0 aliphatic carbocycles. The van der Waals surface area contributed by atoms with Crippen molar-refractivity contribution in [3.05, 3.63) is 59.9 Å². The third kappa shape index (κ3) is 3.91. The molecule has 0 bridgehead atoms. The van der Waals surface area contributed by atoms with Crippen LogP contribution in [0.3, 0.4) is 0 Å². The summed E-state index contributed by atoms with van der Waals surface area (Å²) in [5.41, 5.74) is 1.27. The van der Waals surface area contributed by atoms with Crippen LogP contribution in [0.25, 0.3) is 0 Å². The van der Waals surface area contributed by atoms with E-state index in [1.54, 1.807) is 6.07 Å². The van der Waals surface area contributed by atoms with Crippen LogP contribution in [0.4, 0.5) is 0 Å². The van der Waals surface area contributed by atoms with E-state index in [2.05, 4.69) is 17.1 Å². The first-order valence-electron chi connectivity index (χ1n) is 10.8. The predicted octanol–water partition coefficient (Wildman–Crippen LogP) is 3.12. The summed E-state index contributed by atoms with van der Waals surface area (Å²) in [4.78, 5) is 33.5. The summed E-state index contributed by atoms with van der Waals surface area (Å²) in [6.45, 7) is 4.61. The molecule has 2 amide bonds. The molecule has 0 saturated carbocycles. The van der Waals surface area contributed by atoms with Gasteiger partial charge in [-0.1, -0.05) is 37.3 Å². The number of carbonyl (C=O) groups excluding carboxylic acids is 2. The van der Waals surface area contributed by atoms with Gasteiger partial charge in [0, 0.05) is 50.1 Å². The van der Waals surface area contributed by atoms with Crippen molar-refractivity contribution in [1.82, 2.24) is 14.8 Å². The van der Waals surface area contributed by atoms with E-state index in [1.807, 2.05) is 34.9 Å². The first-order valence-corrected chi connectivity index (χ1v) is 10.8. The maximum Gasteiger partial charge on any atom is 0.276 e. The van der Waals surface area contributed by atoms with Crippen LogP contribution in [0.1, 0.15) is 42.2 Å². The molecule has 2 aromatic rings. The molecule has 2 fully saturated rings. The zero-order valence-corrected chi connectivity index (χ0v) is 17.5. The maximum atomic E-state index is 13.1. The molecule has 2 saturated heterocycles. The molecule has 0 radical (unpaired) electrons. The number of aryl methyl sites for hydroxylation is 1. The van der Waals surface area contributed by atoms with Gasteiger partial charge in [-0.3, -0.25) is 9.59 Å². The van der Waals surface area contributed by atoms with Crippen molar-refractivity contribution in [3.63, 3.8) is 0 Å². The molecule has 1 aromatic carbocycles. The Morgan fingerprint density at radius 1 is 1.10 bits per heavy atom. The summed E-state index contributed by atoms with van der Waals surface area (Å²) in [5, 5.41) is 10.1. The van der Waals surface area contributed by atoms with Crippen LogP contribution in [-0.4, -0.2) is 57.9 Å². The van der Waals surface area contributed by atoms with Crippen molar-refractivity contribution in [2.75, 3.05) is 26.2 Å². The van der Waals surface area contributed by atoms with Crippen LogP contribution in [0.5, 0.6) is 5.75 Å². The van der Waals surface area contributed by atoms with Gasteiger partial charge in [-0.15, -0.1) is 0 Å². The number of hydrogen-bond donors (Lipinski definition) is 1. The normalized spacial score (nSPS) is 22.9. The number of pyridine rings is 1. The number of amides is 2. The quantitative estimate of drug-likeness (QED) is 0.799. The van der Waals surface area contributed by atoms with Crippen molar-refractivity contribution in [2.45, 2.75) is 32.6 Å². The molecule has 2 aliphatic heterocycles. The standard InChI is InChI=1S/C24H29N3O3/c1-2-7-21(29)26-14-19-15-27(23(30)22-20(28)10-6-13-25-22)17-24(19,16-26)12-11-18-8-4-3-5-9-18/h3-6,8-10,13,19,28H,2,7,11-12,14-17H2,1H3/t19-,24+/m1/s1. The molecule has 6 nitrogen and oxygen atoms in total. The number of carbonyl (C=O) groups is 2. The summed E-state index contributed by atoms with van der Waals surface area (Å²) in [5.74, 6) is 0.147. The first kappa shape index (κ1) is 20.4. The van der Waals surface area contributed by atoms with Crippen molar-refractivity contribution >= 4 is 11.8 Å². The third-order valence-corrected chi connectivity index (χ3v) is 6.61. The Kier molecular flexibility index (Phi) is 5.75. The highest BCUT2D eigenvalue weighted by molar-refractivity contribution is 5.95. The van der Waals surface area contributed by atoms with Gasteiger partial charge in [-0.2, -0.15) is 0 Å². The summed E-state index contributed by atoms with van der Waals surface area (Å²) >= 11 is 0. The van der Waals surface area contributed by atoms with Gasteiger partial charge in [0.2, 0.25) is 5.91 Å². The lowest BCUT2D eigenvalue weighted by molar-refractivity contribution is -0.130. The highest BCUT2D eigenvalue weighted by Crippen LogP contribution is 2.46. The largest absolute Gasteiger partial charge is 0.505 e. The number of likely N-dealkylation sites (tertiary alicyclic amines) is 2. The fourth-order valence-corrected chi connectivity index (χ4v) is 5.00. The van der Waals surface area contributed by atoms with E-state index in [-0.39, 0.29) is 34.6 Å². The van der Waals surface area contributed by atoms with Crippen LogP contribution < -0.4 is 0 Å². The fourth-order valence-electron chi connectivity index (χ4n) is 5.00. The van der Waals surface area contributed by atoms with Gasteiger partial charge in [0.05, 0.1) is 0 Å². The van der Waals surface area contributed by atoms with E-state index in [0.717, 1.165) is 19.3 Å². The second-order valence-corrected chi connectivity index (χ2v) is 8.63. The number of fused-ring (bicyclic) bond motifs is 1. The van der Waals surface area contributed by atoms with E-state index in [0.29, 0.717) is 32.6 Å². The minimum Gasteiger partial charge on any atom is -0.505 e. The van der Waals surface area contributed by atoms with E-state index < -0.39 is 0 Å². The van der Waals surface area contributed by atoms with Crippen LogP contribution in [0.15, 0.2) is 48.7 Å². The average Bonchev–Trinajstić information content (AvgIpc) is 3.28. The van der Waals surface area contributed by atoms with E-state index in [4.69, 9.17) is 0 Å². The first-order chi connectivity index (χ1) is 14.5. The maximum absolute atomic E-state index is 13.1. The number of nitrogens with zero attached hydrogens (tertiary/aromatic N) is 3. The lowest BCUT2D eigenvalue weighted by atomic mass is 9.76. The molecule has 0 spiro atoms. The number of hydrogen-bond acceptors (Lipinski definition) is 4. The summed E-state index contributed by atoms with van der Waals surface area (Å²) in [7, 11) is 0. The molecule has 158 valence electrons. The number of benzene rings is 1. The third-order valence-electron chi connectivity index (χ3n) is 6.61. The molecule has 2 atom stereocenters. The molecule has 6 heteroatoms. The Balaban J connectivity index is 1.54. The van der Waals surface area contributed by atoms with Crippen LogP contribution in [0, 0.1) is 11.3 Å². The number of aromatic hydroxyl groups is 1. The zero-order chi connectivity index (χ0) is 21.1. The van der Waals surface area contributed by atoms with Gasteiger partial charge in [-0.25, -0.2) is 4.98 Å². The minimum atomic E-state index is -0.229. The van der Waals surface area contributed by atoms with Gasteiger partial charge in [0.15, 0.2) is 5.69 Å². The van der Waals surface area contributed by atoms with E-state index in [9.17, 15) is 14.7 Å². The van der Waals surface area contributed by atoms with E-state index >= 15 is 0 Å². The molecular formula is C24H29N3O3. The minimum absolute atomic E-state index is 0.0855. The molecular weight excluding hydrogens is 378 g/mol. The fraction of sp³-hybridized carbons (Fsp3) is 0.458. The molecule has 3 heterocycles. The Labute approximate surface area is 177 Å². The monoisotopic (exact) mass is 407 g/mol. The summed E-state index contributed by atoms with van der Waals surface area (Å²) in [6.07, 6.45) is 4.80. The lowest BCUT2D eigenvalue weighted by Gasteiger charge is -2.29. The SMILES string of the molecule is CCCC(=O)N1C[C@@H]2CN(C(=O)c3ncccc3O)C[C@]2(CCc2ccccc2)C1. The van der Waals surface area contributed by atoms with Crippen molar-refractivity contribution in [2.24, 2.45) is 11.3 Å². The topological polar surface area (TPSA) is 73.7 Å². The average molecular weight is 408 g/mol. The molecule has 2 aliphatic rings. The summed E-state index contributed by atoms with van der Waals surface area (Å²) in [6, 6.07) is 13.5. The van der Waals surface area contributed by atoms with Gasteiger partial charge >= 0.3 is 0 Å². The number of aromatic nitrogens is 1. The second-order valence-electron chi connectivity index (χ2n) is 8.63. The summed E-state index contributed by atoms with van der Waals surface area (Å²) < 4.78 is 0. The highest BCUT2D eigenvalue weighted by atomic mass is 16.3. The lowest BCUT2D eigenvalue weighted by Crippen LogP contribution is -2.39. The van der Waals surface area contributed by atoms with Crippen LogP contribution >= 0.6 is 0 Å². The second kappa shape index (κ2) is 8.46. The molecule has 1 N–H and O–H groups in total. The van der Waals surface area contributed by atoms with Crippen molar-refractivity contribution in [1.29, 1.82) is 0 Å². The van der Waals surface area contributed by atoms with Crippen LogP contribution in [0.2, 0.25) is 0 Å². The van der Waals surface area contributed by atoms with Gasteiger partial charge in [0.25, 0.3) is 5.91 Å². The Morgan fingerprint density at radius 3 is 2.57 bits per heavy atom. The highest BCUT2D eigenvalue weighted by Gasteiger charge is 2.54. The van der Waals surface area contributed by atoms with Gasteiger partial charge < -0.3 is 14.9 Å². The van der Waals surface area contributed by atoms with E-state index in [1.165, 1.54) is 17.8 Å². The smallest absolute Gasteiger partial charge is 0.276 e. The van der Waals surface area contributed by atoms with Gasteiger partial charge in [0.1, 0.15) is 5.75 Å². The Hall–Kier alpha value is -2.89. The predicted molar refractivity (Wildman–Crippen MR) is 114 cm³/mol. The van der Waals surface area contributed by atoms with Gasteiger partial charge in [-0.05, 0) is 37.0 Å². The van der Waals surface area contributed by atoms with Crippen molar-refractivity contribution in [3.8, 4) is 5.75 Å². The number of rotatable bonds is 6. The van der Waals surface area contributed by atoms with Crippen molar-refractivity contribution < 1.29 is 14.7 Å².